The number of rotatable bonds is 5. The zero-order chi connectivity index (χ0) is 19.9. The first-order valence-corrected chi connectivity index (χ1v) is 9.39. The molecule has 29 heavy (non-hydrogen) atoms. The molecule has 0 bridgehead atoms. The van der Waals surface area contributed by atoms with Crippen LogP contribution in [0.4, 0.5) is 14.5 Å². The summed E-state index contributed by atoms with van der Waals surface area (Å²) in [4.78, 5) is 6.51. The minimum absolute atomic E-state index is 0. The Hall–Kier alpha value is -2.10. The van der Waals surface area contributed by atoms with Crippen LogP contribution in [-0.4, -0.2) is 39.2 Å². The van der Waals surface area contributed by atoms with Gasteiger partial charge >= 0.3 is 0 Å². The molecule has 1 fully saturated rings. The highest BCUT2D eigenvalue weighted by atomic mass is 127. The zero-order valence-corrected chi connectivity index (χ0v) is 19.0. The number of aliphatic imine (C=N–C) groups is 1. The highest BCUT2D eigenvalue weighted by Crippen LogP contribution is 2.29. The lowest BCUT2D eigenvalue weighted by atomic mass is 10.0. The van der Waals surface area contributed by atoms with Gasteiger partial charge in [-0.25, -0.2) is 8.78 Å². The average molecular weight is 516 g/mol. The Bertz CT molecular complexity index is 834. The van der Waals surface area contributed by atoms with E-state index >= 15 is 0 Å². The van der Waals surface area contributed by atoms with Gasteiger partial charge in [-0.2, -0.15) is 0 Å². The molecule has 2 aromatic rings. The number of hydrogen-bond donors (Lipinski definition) is 2. The van der Waals surface area contributed by atoms with E-state index in [-0.39, 0.29) is 42.1 Å². The summed E-state index contributed by atoms with van der Waals surface area (Å²) in [5, 5.41) is 6.45. The number of nitrogens with zero attached hydrogens (tertiary/aromatic N) is 2. The van der Waals surface area contributed by atoms with E-state index < -0.39 is 11.6 Å². The topological polar surface area (TPSA) is 48.9 Å². The fourth-order valence-corrected chi connectivity index (χ4v) is 3.45. The molecule has 3 rings (SSSR count). The van der Waals surface area contributed by atoms with Crippen molar-refractivity contribution in [1.82, 2.24) is 10.6 Å². The molecule has 1 unspecified atom stereocenters. The third kappa shape index (κ3) is 6.19. The van der Waals surface area contributed by atoms with E-state index in [1.165, 1.54) is 6.07 Å². The van der Waals surface area contributed by atoms with E-state index in [9.17, 15) is 8.78 Å². The number of halogens is 3. The van der Waals surface area contributed by atoms with Crippen LogP contribution < -0.4 is 20.3 Å². The van der Waals surface area contributed by atoms with Gasteiger partial charge in [-0.05, 0) is 43.2 Å². The van der Waals surface area contributed by atoms with E-state index in [0.717, 1.165) is 49.5 Å². The van der Waals surface area contributed by atoms with Crippen molar-refractivity contribution in [2.75, 3.05) is 32.1 Å². The maximum Gasteiger partial charge on any atom is 0.191 e. The molecule has 2 N–H and O–H groups in total. The molecule has 0 aliphatic carbocycles. The quantitative estimate of drug-likeness (QED) is 0.360. The molecule has 2 aromatic carbocycles. The Morgan fingerprint density at radius 2 is 2.03 bits per heavy atom. The SMILES string of the molecule is CN=C(NCc1cc(F)ccc1F)NC1CCCN(c2ccccc2OC)C1.I. The van der Waals surface area contributed by atoms with Gasteiger partial charge < -0.3 is 20.3 Å². The predicted molar refractivity (Wildman–Crippen MR) is 123 cm³/mol. The van der Waals surface area contributed by atoms with Crippen molar-refractivity contribution < 1.29 is 13.5 Å². The van der Waals surface area contributed by atoms with Crippen LogP contribution in [0.5, 0.6) is 5.75 Å². The van der Waals surface area contributed by atoms with Crippen molar-refractivity contribution in [2.45, 2.75) is 25.4 Å². The molecule has 5 nitrogen and oxygen atoms in total. The summed E-state index contributed by atoms with van der Waals surface area (Å²) in [7, 11) is 3.34. The van der Waals surface area contributed by atoms with Crippen LogP contribution in [-0.2, 0) is 6.54 Å². The molecule has 0 aromatic heterocycles. The second-order valence-corrected chi connectivity index (χ2v) is 6.76. The largest absolute Gasteiger partial charge is 0.495 e. The smallest absolute Gasteiger partial charge is 0.191 e. The number of para-hydroxylation sites is 2. The molecule has 0 spiro atoms. The number of hydrogen-bond acceptors (Lipinski definition) is 3. The molecule has 0 saturated carbocycles. The summed E-state index contributed by atoms with van der Waals surface area (Å²) in [5.41, 5.74) is 1.34. The summed E-state index contributed by atoms with van der Waals surface area (Å²) >= 11 is 0. The Morgan fingerprint density at radius 1 is 1.24 bits per heavy atom. The third-order valence-corrected chi connectivity index (χ3v) is 4.87. The zero-order valence-electron chi connectivity index (χ0n) is 16.6. The summed E-state index contributed by atoms with van der Waals surface area (Å²) in [6, 6.07) is 11.6. The fourth-order valence-electron chi connectivity index (χ4n) is 3.45. The van der Waals surface area contributed by atoms with Crippen molar-refractivity contribution in [2.24, 2.45) is 4.99 Å². The van der Waals surface area contributed by atoms with Crippen LogP contribution in [0.25, 0.3) is 0 Å². The summed E-state index contributed by atoms with van der Waals surface area (Å²) in [6.07, 6.45) is 2.03. The maximum absolute atomic E-state index is 13.8. The van der Waals surface area contributed by atoms with Crippen LogP contribution in [0.3, 0.4) is 0 Å². The maximum atomic E-state index is 13.8. The van der Waals surface area contributed by atoms with Crippen LogP contribution in [0.1, 0.15) is 18.4 Å². The van der Waals surface area contributed by atoms with Gasteiger partial charge in [0.05, 0.1) is 12.8 Å². The van der Waals surface area contributed by atoms with Crippen molar-refractivity contribution in [1.29, 1.82) is 0 Å². The van der Waals surface area contributed by atoms with Gasteiger partial charge in [-0.1, -0.05) is 12.1 Å². The first kappa shape index (κ1) is 23.2. The molecule has 1 heterocycles. The molecule has 8 heteroatoms. The summed E-state index contributed by atoms with van der Waals surface area (Å²) < 4.78 is 32.6. The summed E-state index contributed by atoms with van der Waals surface area (Å²) in [5.74, 6) is 0.521. The van der Waals surface area contributed by atoms with Gasteiger partial charge in [0.1, 0.15) is 17.4 Å². The molecule has 1 saturated heterocycles. The lowest BCUT2D eigenvalue weighted by Gasteiger charge is -2.36. The Kier molecular flexibility index (Phi) is 8.94. The standard InChI is InChI=1S/C21H26F2N4O.HI/c1-24-21(25-13-15-12-16(22)9-10-18(15)23)26-17-6-5-11-27(14-17)19-7-3-4-8-20(19)28-2;/h3-4,7-10,12,17H,5-6,11,13-14H2,1-2H3,(H2,24,25,26);1H. The number of methoxy groups -OCH3 is 1. The van der Waals surface area contributed by atoms with Crippen LogP contribution in [0.15, 0.2) is 47.5 Å². The number of benzene rings is 2. The first-order chi connectivity index (χ1) is 13.6. The van der Waals surface area contributed by atoms with Crippen molar-refractivity contribution in [3.8, 4) is 5.75 Å². The van der Waals surface area contributed by atoms with Crippen LogP contribution >= 0.6 is 24.0 Å². The van der Waals surface area contributed by atoms with Gasteiger partial charge in [0, 0.05) is 38.3 Å². The van der Waals surface area contributed by atoms with E-state index in [0.29, 0.717) is 5.96 Å². The minimum atomic E-state index is -0.458. The van der Waals surface area contributed by atoms with E-state index in [1.807, 2.05) is 18.2 Å². The molecular formula is C21H27F2IN4O. The molecule has 1 atom stereocenters. The second-order valence-electron chi connectivity index (χ2n) is 6.76. The average Bonchev–Trinajstić information content (AvgIpc) is 2.73. The molecule has 158 valence electrons. The van der Waals surface area contributed by atoms with E-state index in [2.05, 4.69) is 26.6 Å². The molecule has 0 radical (unpaired) electrons. The highest BCUT2D eigenvalue weighted by Gasteiger charge is 2.22. The highest BCUT2D eigenvalue weighted by molar-refractivity contribution is 14.0. The number of nitrogens with one attached hydrogen (secondary N) is 2. The van der Waals surface area contributed by atoms with Gasteiger partial charge in [-0.3, -0.25) is 4.99 Å². The number of guanidine groups is 1. The van der Waals surface area contributed by atoms with Gasteiger partial charge in [0.25, 0.3) is 0 Å². The van der Waals surface area contributed by atoms with Crippen LogP contribution in [0, 0.1) is 11.6 Å². The van der Waals surface area contributed by atoms with E-state index in [4.69, 9.17) is 4.74 Å². The normalized spacial score (nSPS) is 16.8. The Labute approximate surface area is 187 Å². The molecular weight excluding hydrogens is 489 g/mol. The predicted octanol–water partition coefficient (Wildman–Crippen LogP) is 3.93. The van der Waals surface area contributed by atoms with Crippen molar-refractivity contribution >= 4 is 35.6 Å². The fraction of sp³-hybridized carbons (Fsp3) is 0.381. The summed E-state index contributed by atoms with van der Waals surface area (Å²) in [6.45, 7) is 1.92. The Balaban J connectivity index is 0.00000300. The first-order valence-electron chi connectivity index (χ1n) is 9.39. The third-order valence-electron chi connectivity index (χ3n) is 4.87. The number of ether oxygens (including phenoxy) is 1. The van der Waals surface area contributed by atoms with Gasteiger partial charge in [0.2, 0.25) is 0 Å². The van der Waals surface area contributed by atoms with Gasteiger partial charge in [-0.15, -0.1) is 24.0 Å². The molecule has 0 amide bonds. The minimum Gasteiger partial charge on any atom is -0.495 e. The van der Waals surface area contributed by atoms with Gasteiger partial charge in [0.15, 0.2) is 5.96 Å². The van der Waals surface area contributed by atoms with E-state index in [1.54, 1.807) is 14.2 Å². The molecule has 1 aliphatic rings. The monoisotopic (exact) mass is 516 g/mol. The number of piperidine rings is 1. The Morgan fingerprint density at radius 3 is 2.79 bits per heavy atom. The second kappa shape index (κ2) is 11.2. The molecule has 1 aliphatic heterocycles. The van der Waals surface area contributed by atoms with Crippen molar-refractivity contribution in [3.05, 3.63) is 59.7 Å². The lowest BCUT2D eigenvalue weighted by Crippen LogP contribution is -2.51. The van der Waals surface area contributed by atoms with Crippen molar-refractivity contribution in [3.63, 3.8) is 0 Å². The van der Waals surface area contributed by atoms with Crippen LogP contribution in [0.2, 0.25) is 0 Å². The lowest BCUT2D eigenvalue weighted by molar-refractivity contribution is 0.408. The number of anilines is 1.